The molecule has 2 heteroatoms. The van der Waals surface area contributed by atoms with Crippen molar-refractivity contribution in [2.45, 2.75) is 0 Å². The zero-order chi connectivity index (χ0) is 12.6. The summed E-state index contributed by atoms with van der Waals surface area (Å²) in [4.78, 5) is 0. The number of benzene rings is 2. The summed E-state index contributed by atoms with van der Waals surface area (Å²) in [5.74, 6) is 0.825. The predicted octanol–water partition coefficient (Wildman–Crippen LogP) is 3.84. The Labute approximate surface area is 107 Å². The van der Waals surface area contributed by atoms with E-state index in [2.05, 4.69) is 18.2 Å². The van der Waals surface area contributed by atoms with Crippen molar-refractivity contribution in [2.75, 3.05) is 13.9 Å². The minimum Gasteiger partial charge on any atom is -0.467 e. The normalized spacial score (nSPS) is 10.7. The molecule has 0 bridgehead atoms. The van der Waals surface area contributed by atoms with E-state index in [4.69, 9.17) is 9.47 Å². The molecule has 0 spiro atoms. The van der Waals surface area contributed by atoms with Gasteiger partial charge in [-0.1, -0.05) is 60.7 Å². The third-order valence-electron chi connectivity index (χ3n) is 2.51. The van der Waals surface area contributed by atoms with Gasteiger partial charge in [-0.2, -0.15) is 0 Å². The van der Waals surface area contributed by atoms with Gasteiger partial charge in [-0.05, 0) is 11.6 Å². The fourth-order valence-corrected chi connectivity index (χ4v) is 1.62. The molecule has 0 amide bonds. The maximum absolute atomic E-state index is 5.50. The third-order valence-corrected chi connectivity index (χ3v) is 2.51. The summed E-state index contributed by atoms with van der Waals surface area (Å²) in [6, 6.07) is 18.1. The van der Waals surface area contributed by atoms with Gasteiger partial charge in [0.05, 0.1) is 0 Å². The van der Waals surface area contributed by atoms with E-state index in [0.717, 1.165) is 11.3 Å². The fraction of sp³-hybridized carbons (Fsp3) is 0.125. The summed E-state index contributed by atoms with van der Waals surface area (Å²) in [5, 5.41) is 0. The van der Waals surface area contributed by atoms with Crippen molar-refractivity contribution >= 4 is 12.2 Å². The number of hydrogen-bond acceptors (Lipinski definition) is 2. The van der Waals surface area contributed by atoms with Crippen LogP contribution in [0.4, 0.5) is 0 Å². The highest BCUT2D eigenvalue weighted by Crippen LogP contribution is 2.20. The van der Waals surface area contributed by atoms with Gasteiger partial charge in [0.15, 0.2) is 6.79 Å². The Morgan fingerprint density at radius 2 is 1.61 bits per heavy atom. The highest BCUT2D eigenvalue weighted by molar-refractivity contribution is 5.72. The molecule has 0 radical (unpaired) electrons. The highest BCUT2D eigenvalue weighted by atomic mass is 16.7. The smallest absolute Gasteiger partial charge is 0.188 e. The Balaban J connectivity index is 2.15. The lowest BCUT2D eigenvalue weighted by Crippen LogP contribution is -1.99. The summed E-state index contributed by atoms with van der Waals surface area (Å²) in [6.45, 7) is 0.260. The lowest BCUT2D eigenvalue weighted by molar-refractivity contribution is 0.0510. The molecule has 0 aliphatic heterocycles. The monoisotopic (exact) mass is 240 g/mol. The molecule has 0 aliphatic rings. The number of rotatable bonds is 5. The lowest BCUT2D eigenvalue weighted by atomic mass is 10.1. The van der Waals surface area contributed by atoms with Crippen LogP contribution in [0.3, 0.4) is 0 Å². The molecular formula is C16H16O2. The van der Waals surface area contributed by atoms with Crippen LogP contribution in [0.15, 0.2) is 54.6 Å². The standard InChI is InChI=1S/C16H16O2/c1-17-13-18-16-10-6-5-9-15(16)12-11-14-7-3-2-4-8-14/h2-12H,13H2,1H3/b12-11+. The van der Waals surface area contributed by atoms with Crippen molar-refractivity contribution in [3.8, 4) is 5.75 Å². The summed E-state index contributed by atoms with van der Waals surface area (Å²) >= 11 is 0. The average molecular weight is 240 g/mol. The number of methoxy groups -OCH3 is 1. The van der Waals surface area contributed by atoms with Crippen LogP contribution in [-0.4, -0.2) is 13.9 Å². The van der Waals surface area contributed by atoms with Crippen LogP contribution >= 0.6 is 0 Å². The largest absolute Gasteiger partial charge is 0.467 e. The predicted molar refractivity (Wildman–Crippen MR) is 74.3 cm³/mol. The van der Waals surface area contributed by atoms with E-state index in [1.807, 2.05) is 48.5 Å². The molecule has 0 heterocycles. The molecule has 2 aromatic rings. The van der Waals surface area contributed by atoms with Gasteiger partial charge in [-0.25, -0.2) is 0 Å². The quantitative estimate of drug-likeness (QED) is 0.584. The van der Waals surface area contributed by atoms with Crippen LogP contribution in [0.5, 0.6) is 5.75 Å². The van der Waals surface area contributed by atoms with E-state index in [1.165, 1.54) is 5.56 Å². The van der Waals surface area contributed by atoms with Gasteiger partial charge in [0.25, 0.3) is 0 Å². The Morgan fingerprint density at radius 1 is 0.889 bits per heavy atom. The maximum Gasteiger partial charge on any atom is 0.188 e. The van der Waals surface area contributed by atoms with Crippen molar-refractivity contribution in [1.29, 1.82) is 0 Å². The first kappa shape index (κ1) is 12.4. The van der Waals surface area contributed by atoms with E-state index < -0.39 is 0 Å². The van der Waals surface area contributed by atoms with Crippen LogP contribution in [0.1, 0.15) is 11.1 Å². The highest BCUT2D eigenvalue weighted by Gasteiger charge is 1.98. The van der Waals surface area contributed by atoms with Crippen LogP contribution in [0, 0.1) is 0 Å². The Hall–Kier alpha value is -2.06. The fourth-order valence-electron chi connectivity index (χ4n) is 1.62. The van der Waals surface area contributed by atoms with Gasteiger partial charge >= 0.3 is 0 Å². The second-order valence-electron chi connectivity index (χ2n) is 3.83. The van der Waals surface area contributed by atoms with Gasteiger partial charge in [0.1, 0.15) is 5.75 Å². The Bertz CT molecular complexity index is 504. The summed E-state index contributed by atoms with van der Waals surface area (Å²) in [6.07, 6.45) is 4.11. The molecule has 0 saturated carbocycles. The van der Waals surface area contributed by atoms with Gasteiger partial charge in [-0.15, -0.1) is 0 Å². The number of ether oxygens (including phenoxy) is 2. The first-order chi connectivity index (χ1) is 8.90. The molecule has 0 aliphatic carbocycles. The SMILES string of the molecule is COCOc1ccccc1/C=C/c1ccccc1. The molecular weight excluding hydrogens is 224 g/mol. The van der Waals surface area contributed by atoms with Gasteiger partial charge < -0.3 is 9.47 Å². The van der Waals surface area contributed by atoms with E-state index in [9.17, 15) is 0 Å². The van der Waals surface area contributed by atoms with Crippen molar-refractivity contribution in [1.82, 2.24) is 0 Å². The van der Waals surface area contributed by atoms with Crippen molar-refractivity contribution in [2.24, 2.45) is 0 Å². The molecule has 0 aromatic heterocycles. The topological polar surface area (TPSA) is 18.5 Å². The van der Waals surface area contributed by atoms with E-state index >= 15 is 0 Å². The average Bonchev–Trinajstić information content (AvgIpc) is 2.45. The Morgan fingerprint density at radius 3 is 2.39 bits per heavy atom. The maximum atomic E-state index is 5.50. The molecule has 92 valence electrons. The number of para-hydroxylation sites is 1. The summed E-state index contributed by atoms with van der Waals surface area (Å²) in [5.41, 5.74) is 2.21. The number of hydrogen-bond donors (Lipinski definition) is 0. The van der Waals surface area contributed by atoms with E-state index in [0.29, 0.717) is 0 Å². The minimum atomic E-state index is 0.260. The Kier molecular flexibility index (Phi) is 4.56. The first-order valence-electron chi connectivity index (χ1n) is 5.84. The molecule has 0 fully saturated rings. The van der Waals surface area contributed by atoms with Crippen molar-refractivity contribution in [3.05, 3.63) is 65.7 Å². The van der Waals surface area contributed by atoms with E-state index in [1.54, 1.807) is 7.11 Å². The van der Waals surface area contributed by atoms with Crippen LogP contribution in [-0.2, 0) is 4.74 Å². The molecule has 18 heavy (non-hydrogen) atoms. The van der Waals surface area contributed by atoms with Gasteiger partial charge in [0.2, 0.25) is 0 Å². The molecule has 0 atom stereocenters. The van der Waals surface area contributed by atoms with Gasteiger partial charge in [0, 0.05) is 12.7 Å². The molecule has 2 nitrogen and oxygen atoms in total. The van der Waals surface area contributed by atoms with Crippen molar-refractivity contribution < 1.29 is 9.47 Å². The zero-order valence-corrected chi connectivity index (χ0v) is 10.4. The summed E-state index contributed by atoms with van der Waals surface area (Å²) in [7, 11) is 1.61. The molecule has 0 saturated heterocycles. The third kappa shape index (κ3) is 3.47. The summed E-state index contributed by atoms with van der Waals surface area (Å²) < 4.78 is 10.4. The molecule has 2 aromatic carbocycles. The van der Waals surface area contributed by atoms with Crippen LogP contribution in [0.25, 0.3) is 12.2 Å². The molecule has 2 rings (SSSR count). The minimum absolute atomic E-state index is 0.260. The molecule has 0 unspecified atom stereocenters. The van der Waals surface area contributed by atoms with Crippen molar-refractivity contribution in [3.63, 3.8) is 0 Å². The van der Waals surface area contributed by atoms with E-state index in [-0.39, 0.29) is 6.79 Å². The lowest BCUT2D eigenvalue weighted by Gasteiger charge is -2.07. The van der Waals surface area contributed by atoms with Crippen LogP contribution in [0.2, 0.25) is 0 Å². The first-order valence-corrected chi connectivity index (χ1v) is 5.84. The second-order valence-corrected chi connectivity index (χ2v) is 3.83. The second kappa shape index (κ2) is 6.62. The van der Waals surface area contributed by atoms with Gasteiger partial charge in [-0.3, -0.25) is 0 Å². The zero-order valence-electron chi connectivity index (χ0n) is 10.4. The van der Waals surface area contributed by atoms with Crippen LogP contribution < -0.4 is 4.74 Å². The molecule has 0 N–H and O–H groups in total.